The van der Waals surface area contributed by atoms with Crippen molar-refractivity contribution in [3.63, 3.8) is 0 Å². The summed E-state index contributed by atoms with van der Waals surface area (Å²) in [6.45, 7) is 8.21. The molecule has 2 aromatic carbocycles. The molecule has 0 bridgehead atoms. The van der Waals surface area contributed by atoms with Crippen LogP contribution in [0.4, 0.5) is 0 Å². The maximum Gasteiger partial charge on any atom is 0.329 e. The minimum absolute atomic E-state index is 0.0558. The zero-order valence-electron chi connectivity index (χ0n) is 19.5. The van der Waals surface area contributed by atoms with E-state index >= 15 is 0 Å². The summed E-state index contributed by atoms with van der Waals surface area (Å²) >= 11 is 0. The Kier molecular flexibility index (Phi) is 6.77. The number of para-hydroxylation sites is 2. The van der Waals surface area contributed by atoms with Crippen LogP contribution < -0.4 is 11.0 Å². The Morgan fingerprint density at radius 3 is 2.24 bits per heavy atom. The predicted molar refractivity (Wildman–Crippen MR) is 130 cm³/mol. The molecule has 1 amide bonds. The van der Waals surface area contributed by atoms with E-state index in [1.54, 1.807) is 9.13 Å². The molecular weight excluding hydrogens is 414 g/mol. The van der Waals surface area contributed by atoms with E-state index in [-0.39, 0.29) is 18.0 Å². The highest BCUT2D eigenvalue weighted by Crippen LogP contribution is 2.16. The number of imidazole rings is 1. The van der Waals surface area contributed by atoms with Crippen molar-refractivity contribution >= 4 is 16.9 Å². The molecule has 0 spiro atoms. The summed E-state index contributed by atoms with van der Waals surface area (Å²) in [7, 11) is 0. The van der Waals surface area contributed by atoms with Crippen molar-refractivity contribution in [3.8, 4) is 0 Å². The smallest absolute Gasteiger partial charge is 0.329 e. The Hall–Kier alpha value is -3.61. The van der Waals surface area contributed by atoms with Crippen LogP contribution >= 0.6 is 0 Å². The first kappa shape index (κ1) is 22.6. The lowest BCUT2D eigenvalue weighted by molar-refractivity contribution is -0.121. The molecule has 0 aliphatic heterocycles. The quantitative estimate of drug-likeness (QED) is 0.426. The Bertz CT molecular complexity index is 1310. The zero-order valence-corrected chi connectivity index (χ0v) is 19.5. The molecule has 0 atom stereocenters. The molecule has 0 unspecified atom stereocenters. The fourth-order valence-electron chi connectivity index (χ4n) is 4.32. The highest BCUT2D eigenvalue weighted by atomic mass is 16.2. The van der Waals surface area contributed by atoms with E-state index in [2.05, 4.69) is 29.5 Å². The fraction of sp³-hybridized carbons (Fsp3) is 0.346. The Morgan fingerprint density at radius 1 is 0.939 bits per heavy atom. The van der Waals surface area contributed by atoms with Crippen molar-refractivity contribution in [1.29, 1.82) is 0 Å². The van der Waals surface area contributed by atoms with Crippen molar-refractivity contribution in [1.82, 2.24) is 24.2 Å². The van der Waals surface area contributed by atoms with Gasteiger partial charge in [-0.05, 0) is 38.0 Å². The minimum atomic E-state index is -0.0798. The number of nitrogens with one attached hydrogen (secondary N) is 1. The highest BCUT2D eigenvalue weighted by molar-refractivity contribution is 5.78. The van der Waals surface area contributed by atoms with Crippen LogP contribution in [0.25, 0.3) is 11.0 Å². The maximum atomic E-state index is 12.9. The van der Waals surface area contributed by atoms with Crippen LogP contribution in [0, 0.1) is 13.8 Å². The van der Waals surface area contributed by atoms with Crippen LogP contribution in [0.2, 0.25) is 0 Å². The number of benzene rings is 2. The van der Waals surface area contributed by atoms with Crippen molar-refractivity contribution in [2.75, 3.05) is 0 Å². The van der Waals surface area contributed by atoms with Gasteiger partial charge in [0.1, 0.15) is 0 Å². The van der Waals surface area contributed by atoms with Gasteiger partial charge in [-0.3, -0.25) is 18.6 Å². The molecule has 2 aromatic heterocycles. The molecule has 0 radical (unpaired) electrons. The average Bonchev–Trinajstić information content (AvgIpc) is 3.24. The van der Waals surface area contributed by atoms with Gasteiger partial charge in [-0.25, -0.2) is 4.79 Å². The van der Waals surface area contributed by atoms with E-state index < -0.39 is 0 Å². The molecule has 2 heterocycles. The SMILES string of the molecule is CCCn1c(=O)n(CCC(=O)NCc2c(C)nn(Cc3ccccc3)c2C)c2ccccc21. The molecule has 0 fully saturated rings. The van der Waals surface area contributed by atoms with E-state index in [9.17, 15) is 9.59 Å². The first-order valence-corrected chi connectivity index (χ1v) is 11.5. The van der Waals surface area contributed by atoms with Gasteiger partial charge in [-0.1, -0.05) is 49.4 Å². The van der Waals surface area contributed by atoms with Gasteiger partial charge in [0.25, 0.3) is 0 Å². The summed E-state index contributed by atoms with van der Waals surface area (Å²) in [6.07, 6.45) is 1.13. The number of hydrogen-bond donors (Lipinski definition) is 1. The van der Waals surface area contributed by atoms with Gasteiger partial charge in [0.05, 0.1) is 23.3 Å². The third-order valence-corrected chi connectivity index (χ3v) is 6.10. The summed E-state index contributed by atoms with van der Waals surface area (Å²) in [5, 5.41) is 7.67. The molecule has 0 aliphatic carbocycles. The number of carbonyl (C=O) groups excluding carboxylic acids is 1. The van der Waals surface area contributed by atoms with Crippen LogP contribution in [0.3, 0.4) is 0 Å². The van der Waals surface area contributed by atoms with Crippen molar-refractivity contribution < 1.29 is 4.79 Å². The van der Waals surface area contributed by atoms with Crippen molar-refractivity contribution in [3.05, 3.63) is 87.6 Å². The molecule has 0 aliphatic rings. The van der Waals surface area contributed by atoms with Crippen LogP contribution in [0.5, 0.6) is 0 Å². The molecule has 7 nitrogen and oxygen atoms in total. The van der Waals surface area contributed by atoms with Crippen molar-refractivity contribution in [2.45, 2.75) is 59.8 Å². The molecular formula is C26H31N5O2. The standard InChI is InChI=1S/C26H31N5O2/c1-4-15-29-23-12-8-9-13-24(23)30(26(29)33)16-14-25(32)27-17-22-19(2)28-31(20(22)3)18-21-10-6-5-7-11-21/h5-13H,4,14-18H2,1-3H3,(H,27,32). The fourth-order valence-corrected chi connectivity index (χ4v) is 4.32. The monoisotopic (exact) mass is 445 g/mol. The number of amides is 1. The number of fused-ring (bicyclic) bond motifs is 1. The average molecular weight is 446 g/mol. The van der Waals surface area contributed by atoms with Crippen LogP contribution in [0.1, 0.15) is 42.3 Å². The number of carbonyl (C=O) groups is 1. The molecule has 1 N–H and O–H groups in total. The van der Waals surface area contributed by atoms with E-state index in [1.807, 2.05) is 61.0 Å². The van der Waals surface area contributed by atoms with E-state index in [1.165, 1.54) is 5.56 Å². The lowest BCUT2D eigenvalue weighted by Gasteiger charge is -2.08. The Morgan fingerprint density at radius 2 is 1.58 bits per heavy atom. The molecule has 172 valence electrons. The first-order valence-electron chi connectivity index (χ1n) is 11.5. The van der Waals surface area contributed by atoms with Gasteiger partial charge in [-0.15, -0.1) is 0 Å². The van der Waals surface area contributed by atoms with E-state index in [0.29, 0.717) is 26.2 Å². The van der Waals surface area contributed by atoms with E-state index in [0.717, 1.165) is 34.4 Å². The second-order valence-corrected chi connectivity index (χ2v) is 8.39. The number of rotatable bonds is 9. The van der Waals surface area contributed by atoms with Crippen LogP contribution in [0.15, 0.2) is 59.4 Å². The van der Waals surface area contributed by atoms with Crippen LogP contribution in [-0.4, -0.2) is 24.8 Å². The summed E-state index contributed by atoms with van der Waals surface area (Å²) in [6, 6.07) is 18.0. The number of nitrogens with zero attached hydrogens (tertiary/aromatic N) is 4. The van der Waals surface area contributed by atoms with Gasteiger partial charge in [0.2, 0.25) is 5.91 Å². The Labute approximate surface area is 193 Å². The third-order valence-electron chi connectivity index (χ3n) is 6.10. The number of hydrogen-bond acceptors (Lipinski definition) is 3. The molecule has 4 rings (SSSR count). The molecule has 4 aromatic rings. The van der Waals surface area contributed by atoms with Gasteiger partial charge in [-0.2, -0.15) is 5.10 Å². The normalized spacial score (nSPS) is 11.2. The third kappa shape index (κ3) is 4.77. The van der Waals surface area contributed by atoms with E-state index in [4.69, 9.17) is 0 Å². The molecule has 0 saturated carbocycles. The van der Waals surface area contributed by atoms with Gasteiger partial charge in [0, 0.05) is 37.3 Å². The van der Waals surface area contributed by atoms with Gasteiger partial charge < -0.3 is 5.32 Å². The maximum absolute atomic E-state index is 12.9. The summed E-state index contributed by atoms with van der Waals surface area (Å²) in [5.74, 6) is -0.0798. The van der Waals surface area contributed by atoms with Crippen LogP contribution in [-0.2, 0) is 31.0 Å². The highest BCUT2D eigenvalue weighted by Gasteiger charge is 2.15. The summed E-state index contributed by atoms with van der Waals surface area (Å²) in [4.78, 5) is 25.5. The lowest BCUT2D eigenvalue weighted by Crippen LogP contribution is -2.28. The molecule has 0 saturated heterocycles. The Balaban J connectivity index is 1.41. The second kappa shape index (κ2) is 9.90. The summed E-state index contributed by atoms with van der Waals surface area (Å²) in [5.41, 5.74) is 5.93. The minimum Gasteiger partial charge on any atom is -0.352 e. The first-order chi connectivity index (χ1) is 16.0. The molecule has 7 heteroatoms. The predicted octanol–water partition coefficient (Wildman–Crippen LogP) is 3.78. The molecule has 33 heavy (non-hydrogen) atoms. The zero-order chi connectivity index (χ0) is 23.4. The van der Waals surface area contributed by atoms with Gasteiger partial charge >= 0.3 is 5.69 Å². The largest absolute Gasteiger partial charge is 0.352 e. The lowest BCUT2D eigenvalue weighted by atomic mass is 10.2. The number of aromatic nitrogens is 4. The van der Waals surface area contributed by atoms with Crippen molar-refractivity contribution in [2.24, 2.45) is 0 Å². The number of aryl methyl sites for hydroxylation is 3. The second-order valence-electron chi connectivity index (χ2n) is 8.39. The summed E-state index contributed by atoms with van der Waals surface area (Å²) < 4.78 is 5.48. The van der Waals surface area contributed by atoms with Gasteiger partial charge in [0.15, 0.2) is 0 Å². The topological polar surface area (TPSA) is 73.8 Å².